The normalized spacial score (nSPS) is 11.2. The van der Waals surface area contributed by atoms with Crippen LogP contribution in [0.4, 0.5) is 21.7 Å². The maximum Gasteiger partial charge on any atom is 0.238 e. The van der Waals surface area contributed by atoms with E-state index in [9.17, 15) is 12.8 Å². The molecule has 3 aromatic rings. The highest BCUT2D eigenvalue weighted by Crippen LogP contribution is 2.18. The van der Waals surface area contributed by atoms with Gasteiger partial charge in [-0.25, -0.2) is 27.9 Å². The molecule has 0 fully saturated rings. The van der Waals surface area contributed by atoms with Crippen LogP contribution in [0.15, 0.2) is 65.8 Å². The number of anilines is 3. The van der Waals surface area contributed by atoms with Gasteiger partial charge in [-0.2, -0.15) is 0 Å². The number of sulfonamides is 1. The zero-order valence-electron chi connectivity index (χ0n) is 13.6. The molecule has 0 saturated heterocycles. The van der Waals surface area contributed by atoms with Gasteiger partial charge in [0.15, 0.2) is 0 Å². The summed E-state index contributed by atoms with van der Waals surface area (Å²) in [6.07, 6.45) is 1.37. The summed E-state index contributed by atoms with van der Waals surface area (Å²) in [6.45, 7) is 0.347. The van der Waals surface area contributed by atoms with E-state index in [4.69, 9.17) is 5.14 Å². The number of aromatic nitrogens is 2. The van der Waals surface area contributed by atoms with E-state index in [0.29, 0.717) is 23.9 Å². The van der Waals surface area contributed by atoms with Crippen LogP contribution < -0.4 is 15.8 Å². The first-order valence-corrected chi connectivity index (χ1v) is 9.15. The van der Waals surface area contributed by atoms with Crippen LogP contribution in [0.3, 0.4) is 0 Å². The van der Waals surface area contributed by atoms with Gasteiger partial charge in [0.2, 0.25) is 10.0 Å². The number of halogens is 1. The molecular weight excluding hydrogens is 357 g/mol. The van der Waals surface area contributed by atoms with Gasteiger partial charge in [0.05, 0.1) is 4.90 Å². The summed E-state index contributed by atoms with van der Waals surface area (Å²) in [5.41, 5.74) is 1.30. The van der Waals surface area contributed by atoms with Crippen LogP contribution >= 0.6 is 0 Å². The molecule has 134 valence electrons. The van der Waals surface area contributed by atoms with E-state index in [-0.39, 0.29) is 10.7 Å². The predicted molar refractivity (Wildman–Crippen MR) is 96.9 cm³/mol. The second-order valence-electron chi connectivity index (χ2n) is 5.47. The molecule has 1 aromatic heterocycles. The second kappa shape index (κ2) is 7.46. The second-order valence-corrected chi connectivity index (χ2v) is 7.03. The average molecular weight is 373 g/mol. The number of nitrogens with two attached hydrogens (primary N) is 1. The molecule has 0 radical (unpaired) electrons. The van der Waals surface area contributed by atoms with E-state index < -0.39 is 10.0 Å². The summed E-state index contributed by atoms with van der Waals surface area (Å²) in [4.78, 5) is 8.24. The first-order chi connectivity index (χ1) is 12.4. The van der Waals surface area contributed by atoms with Gasteiger partial charge in [0.1, 0.15) is 23.8 Å². The van der Waals surface area contributed by atoms with Crippen molar-refractivity contribution in [1.82, 2.24) is 9.97 Å². The van der Waals surface area contributed by atoms with Crippen LogP contribution in [0.25, 0.3) is 0 Å². The van der Waals surface area contributed by atoms with Gasteiger partial charge in [0, 0.05) is 18.3 Å². The lowest BCUT2D eigenvalue weighted by atomic mass is 10.2. The minimum absolute atomic E-state index is 0.0490. The van der Waals surface area contributed by atoms with Crippen LogP contribution in [-0.2, 0) is 16.6 Å². The van der Waals surface area contributed by atoms with Gasteiger partial charge in [-0.15, -0.1) is 0 Å². The monoisotopic (exact) mass is 373 g/mol. The number of nitrogens with zero attached hydrogens (tertiary/aromatic N) is 2. The molecule has 0 saturated carbocycles. The Morgan fingerprint density at radius 2 is 1.77 bits per heavy atom. The molecule has 3 rings (SSSR count). The molecule has 0 spiro atoms. The van der Waals surface area contributed by atoms with Crippen molar-refractivity contribution in [2.24, 2.45) is 5.14 Å². The topological polar surface area (TPSA) is 110 Å². The van der Waals surface area contributed by atoms with Crippen molar-refractivity contribution < 1.29 is 12.8 Å². The zero-order chi connectivity index (χ0) is 18.6. The third-order valence-corrected chi connectivity index (χ3v) is 4.38. The summed E-state index contributed by atoms with van der Waals surface area (Å²) >= 11 is 0. The molecule has 2 aromatic carbocycles. The Balaban J connectivity index is 1.69. The Labute approximate surface area is 150 Å². The first kappa shape index (κ1) is 17.8. The number of hydrogen-bond acceptors (Lipinski definition) is 6. The highest BCUT2D eigenvalue weighted by molar-refractivity contribution is 7.89. The van der Waals surface area contributed by atoms with Crippen LogP contribution in [0.1, 0.15) is 5.56 Å². The number of rotatable bonds is 6. The van der Waals surface area contributed by atoms with Crippen LogP contribution in [0.5, 0.6) is 0 Å². The molecule has 26 heavy (non-hydrogen) atoms. The minimum Gasteiger partial charge on any atom is -0.366 e. The maximum absolute atomic E-state index is 13.2. The van der Waals surface area contributed by atoms with Crippen molar-refractivity contribution in [3.8, 4) is 0 Å². The summed E-state index contributed by atoms with van der Waals surface area (Å²) in [7, 11) is -3.75. The molecule has 0 aliphatic rings. The summed E-state index contributed by atoms with van der Waals surface area (Å²) in [5, 5.41) is 11.2. The largest absolute Gasteiger partial charge is 0.366 e. The Kier molecular flexibility index (Phi) is 5.10. The lowest BCUT2D eigenvalue weighted by Gasteiger charge is -2.09. The zero-order valence-corrected chi connectivity index (χ0v) is 14.4. The molecule has 0 aliphatic heterocycles. The van der Waals surface area contributed by atoms with Crippen molar-refractivity contribution in [3.05, 3.63) is 72.3 Å². The van der Waals surface area contributed by atoms with Gasteiger partial charge in [-0.3, -0.25) is 0 Å². The third-order valence-electron chi connectivity index (χ3n) is 3.46. The molecule has 0 aliphatic carbocycles. The van der Waals surface area contributed by atoms with E-state index in [1.165, 1.54) is 30.6 Å². The van der Waals surface area contributed by atoms with E-state index in [1.807, 2.05) is 0 Å². The molecule has 0 unspecified atom stereocenters. The quantitative estimate of drug-likeness (QED) is 0.613. The van der Waals surface area contributed by atoms with Gasteiger partial charge in [0.25, 0.3) is 0 Å². The highest BCUT2D eigenvalue weighted by atomic mass is 32.2. The Bertz CT molecular complexity index is 1030. The van der Waals surface area contributed by atoms with E-state index >= 15 is 0 Å². The van der Waals surface area contributed by atoms with Gasteiger partial charge >= 0.3 is 0 Å². The van der Waals surface area contributed by atoms with Crippen molar-refractivity contribution in [2.45, 2.75) is 11.4 Å². The van der Waals surface area contributed by atoms with Crippen LogP contribution in [0.2, 0.25) is 0 Å². The smallest absolute Gasteiger partial charge is 0.238 e. The summed E-state index contributed by atoms with van der Waals surface area (Å²) in [6, 6.07) is 14.0. The molecule has 7 nitrogen and oxygen atoms in total. The fraction of sp³-hybridized carbons (Fsp3) is 0.0588. The predicted octanol–water partition coefficient (Wildman–Crippen LogP) is 2.62. The van der Waals surface area contributed by atoms with Crippen molar-refractivity contribution in [3.63, 3.8) is 0 Å². The average Bonchev–Trinajstić information content (AvgIpc) is 2.60. The van der Waals surface area contributed by atoms with Crippen LogP contribution in [-0.4, -0.2) is 18.4 Å². The van der Waals surface area contributed by atoms with Crippen molar-refractivity contribution >= 4 is 27.3 Å². The molecule has 1 heterocycles. The molecular formula is C17H16FN5O2S. The van der Waals surface area contributed by atoms with Gasteiger partial charge in [-0.05, 0) is 35.9 Å². The summed E-state index contributed by atoms with van der Waals surface area (Å²) in [5.74, 6) is 0.670. The Morgan fingerprint density at radius 3 is 2.54 bits per heavy atom. The minimum atomic E-state index is -3.75. The van der Waals surface area contributed by atoms with Gasteiger partial charge in [-0.1, -0.05) is 18.2 Å². The SMILES string of the molecule is NS(=O)(=O)c1cccc(CNc2cc(Nc3cccc(F)c3)ncn2)c1. The lowest BCUT2D eigenvalue weighted by Crippen LogP contribution is -2.12. The standard InChI is InChI=1S/C17H16FN5O2S/c18-13-4-2-5-14(8-13)23-17-9-16(21-11-22-17)20-10-12-3-1-6-15(7-12)26(19,24)25/h1-9,11H,10H2,(H2,19,24,25)(H2,20,21,22,23). The number of benzene rings is 2. The molecule has 9 heteroatoms. The highest BCUT2D eigenvalue weighted by Gasteiger charge is 2.08. The van der Waals surface area contributed by atoms with E-state index in [1.54, 1.807) is 30.3 Å². The fourth-order valence-electron chi connectivity index (χ4n) is 2.26. The Morgan fingerprint density at radius 1 is 1.00 bits per heavy atom. The molecule has 0 bridgehead atoms. The molecule has 0 amide bonds. The van der Waals surface area contributed by atoms with Crippen molar-refractivity contribution in [2.75, 3.05) is 10.6 Å². The van der Waals surface area contributed by atoms with E-state index in [2.05, 4.69) is 20.6 Å². The van der Waals surface area contributed by atoms with E-state index in [0.717, 1.165) is 5.56 Å². The van der Waals surface area contributed by atoms with Gasteiger partial charge < -0.3 is 10.6 Å². The molecule has 0 atom stereocenters. The number of hydrogen-bond donors (Lipinski definition) is 3. The first-order valence-electron chi connectivity index (χ1n) is 7.60. The molecule has 4 N–H and O–H groups in total. The number of primary sulfonamides is 1. The number of nitrogens with one attached hydrogen (secondary N) is 2. The Hall–Kier alpha value is -3.04. The third kappa shape index (κ3) is 4.74. The lowest BCUT2D eigenvalue weighted by molar-refractivity contribution is 0.597. The fourth-order valence-corrected chi connectivity index (χ4v) is 2.85. The maximum atomic E-state index is 13.2. The van der Waals surface area contributed by atoms with Crippen molar-refractivity contribution in [1.29, 1.82) is 0 Å². The van der Waals surface area contributed by atoms with Crippen LogP contribution in [0, 0.1) is 5.82 Å². The summed E-state index contributed by atoms with van der Waals surface area (Å²) < 4.78 is 36.0.